The van der Waals surface area contributed by atoms with Crippen molar-refractivity contribution in [1.82, 2.24) is 14.6 Å². The van der Waals surface area contributed by atoms with Gasteiger partial charge in [-0.25, -0.2) is 9.50 Å². The summed E-state index contributed by atoms with van der Waals surface area (Å²) in [7, 11) is 0. The van der Waals surface area contributed by atoms with Crippen molar-refractivity contribution in [2.45, 2.75) is 66.6 Å². The maximum Gasteiger partial charge on any atom is 0.308 e. The van der Waals surface area contributed by atoms with Crippen molar-refractivity contribution >= 4 is 29.2 Å². The second-order valence-electron chi connectivity index (χ2n) is 8.80. The number of carbonyl (C=O) groups excluding carboxylic acids is 1. The van der Waals surface area contributed by atoms with Gasteiger partial charge < -0.3 is 25.4 Å². The summed E-state index contributed by atoms with van der Waals surface area (Å²) in [6.45, 7) is 10.5. The van der Waals surface area contributed by atoms with E-state index in [0.29, 0.717) is 12.4 Å². The fourth-order valence-electron chi connectivity index (χ4n) is 2.60. The molecule has 1 aliphatic heterocycles. The fraction of sp³-hybridized carbons (Fsp3) is 0.609. The van der Waals surface area contributed by atoms with Crippen molar-refractivity contribution in [2.75, 3.05) is 12.3 Å². The molecule has 0 aliphatic carbocycles. The summed E-state index contributed by atoms with van der Waals surface area (Å²) < 4.78 is 13.0. The summed E-state index contributed by atoms with van der Waals surface area (Å²) in [5.41, 5.74) is 7.55. The number of hydrogen-bond donors (Lipinski definition) is 3. The largest absolute Gasteiger partial charge is 0.481 e. The van der Waals surface area contributed by atoms with Gasteiger partial charge in [-0.05, 0) is 25.0 Å². The molecule has 34 heavy (non-hydrogen) atoms. The lowest BCUT2D eigenvalue weighted by molar-refractivity contribution is -0.151. The normalized spacial score (nSPS) is 17.2. The van der Waals surface area contributed by atoms with Gasteiger partial charge in [0.05, 0.1) is 29.6 Å². The van der Waals surface area contributed by atoms with E-state index >= 15 is 0 Å². The van der Waals surface area contributed by atoms with Gasteiger partial charge in [0.1, 0.15) is 24.6 Å². The highest BCUT2D eigenvalue weighted by Gasteiger charge is 2.30. The molecule has 190 valence electrons. The summed E-state index contributed by atoms with van der Waals surface area (Å²) in [6, 6.07) is 3.84. The van der Waals surface area contributed by atoms with Crippen LogP contribution in [0.1, 0.15) is 66.2 Å². The molecule has 11 heteroatoms. The van der Waals surface area contributed by atoms with Gasteiger partial charge in [-0.3, -0.25) is 14.4 Å². The SMILES string of the molecule is CC(C)C(=O)O.CC(C)C(=O)O.CC(C)C(=O)OCC1CCC(c2ccc3c(N)ncnn23)O1. The number of aliphatic carboxylic acids is 2. The van der Waals surface area contributed by atoms with E-state index in [0.717, 1.165) is 24.1 Å². The van der Waals surface area contributed by atoms with Crippen molar-refractivity contribution in [3.63, 3.8) is 0 Å². The van der Waals surface area contributed by atoms with Crippen molar-refractivity contribution in [2.24, 2.45) is 17.8 Å². The molecule has 0 amide bonds. The smallest absolute Gasteiger partial charge is 0.308 e. The average Bonchev–Trinajstić information content (AvgIpc) is 3.40. The van der Waals surface area contributed by atoms with Gasteiger partial charge in [-0.2, -0.15) is 5.10 Å². The molecule has 2 unspecified atom stereocenters. The fourth-order valence-corrected chi connectivity index (χ4v) is 2.60. The second kappa shape index (κ2) is 13.5. The van der Waals surface area contributed by atoms with Crippen LogP contribution in [0, 0.1) is 17.8 Å². The molecular weight excluding hydrogens is 444 g/mol. The minimum absolute atomic E-state index is 0.0699. The van der Waals surface area contributed by atoms with Crippen LogP contribution in [0.15, 0.2) is 18.5 Å². The summed E-state index contributed by atoms with van der Waals surface area (Å²) in [5, 5.41) is 20.2. The number of carboxylic acids is 2. The van der Waals surface area contributed by atoms with Crippen LogP contribution in [0.5, 0.6) is 0 Å². The lowest BCUT2D eigenvalue weighted by atomic mass is 10.1. The Morgan fingerprint density at radius 1 is 1.06 bits per heavy atom. The van der Waals surface area contributed by atoms with Crippen LogP contribution >= 0.6 is 0 Å². The van der Waals surface area contributed by atoms with Gasteiger partial charge in [0.2, 0.25) is 0 Å². The maximum atomic E-state index is 11.5. The van der Waals surface area contributed by atoms with Gasteiger partial charge >= 0.3 is 17.9 Å². The van der Waals surface area contributed by atoms with Crippen molar-refractivity contribution in [3.05, 3.63) is 24.2 Å². The molecule has 1 aliphatic rings. The Kier molecular flexibility index (Phi) is 11.4. The molecule has 0 radical (unpaired) electrons. The van der Waals surface area contributed by atoms with E-state index in [1.165, 1.54) is 6.33 Å². The Labute approximate surface area is 199 Å². The summed E-state index contributed by atoms with van der Waals surface area (Å²) in [4.78, 5) is 34.9. The Morgan fingerprint density at radius 3 is 2.12 bits per heavy atom. The third kappa shape index (κ3) is 8.97. The van der Waals surface area contributed by atoms with Crippen LogP contribution in [-0.2, 0) is 23.9 Å². The monoisotopic (exact) mass is 480 g/mol. The van der Waals surface area contributed by atoms with Gasteiger partial charge in [-0.15, -0.1) is 0 Å². The molecule has 1 saturated heterocycles. The predicted octanol–water partition coefficient (Wildman–Crippen LogP) is 3.18. The molecule has 0 spiro atoms. The van der Waals surface area contributed by atoms with Crippen LogP contribution in [0.25, 0.3) is 5.52 Å². The molecule has 11 nitrogen and oxygen atoms in total. The van der Waals surface area contributed by atoms with Gasteiger partial charge in [-0.1, -0.05) is 41.5 Å². The number of anilines is 1. The van der Waals surface area contributed by atoms with Gasteiger partial charge in [0.25, 0.3) is 0 Å². The Hall–Kier alpha value is -3.21. The molecule has 3 rings (SSSR count). The maximum absolute atomic E-state index is 11.5. The number of nitrogen functional groups attached to an aromatic ring is 1. The first-order chi connectivity index (χ1) is 15.8. The van der Waals surface area contributed by atoms with Crippen molar-refractivity contribution < 1.29 is 34.1 Å². The molecule has 2 aromatic heterocycles. The molecule has 1 fully saturated rings. The topological polar surface area (TPSA) is 166 Å². The average molecular weight is 481 g/mol. The van der Waals surface area contributed by atoms with E-state index in [-0.39, 0.29) is 35.9 Å². The van der Waals surface area contributed by atoms with Crippen LogP contribution in [0.4, 0.5) is 5.82 Å². The third-order valence-corrected chi connectivity index (χ3v) is 4.82. The van der Waals surface area contributed by atoms with Crippen molar-refractivity contribution in [1.29, 1.82) is 0 Å². The summed E-state index contributed by atoms with van der Waals surface area (Å²) in [6.07, 6.45) is 3.00. The number of ether oxygens (including phenoxy) is 2. The van der Waals surface area contributed by atoms with Crippen LogP contribution in [0.3, 0.4) is 0 Å². The van der Waals surface area contributed by atoms with Crippen LogP contribution in [-0.4, -0.2) is 55.4 Å². The quantitative estimate of drug-likeness (QED) is 0.522. The Morgan fingerprint density at radius 2 is 1.62 bits per heavy atom. The number of nitrogens with two attached hydrogens (primary N) is 1. The number of rotatable bonds is 6. The number of fused-ring (bicyclic) bond motifs is 1. The third-order valence-electron chi connectivity index (χ3n) is 4.82. The molecule has 3 heterocycles. The first kappa shape index (κ1) is 28.8. The molecule has 0 bridgehead atoms. The minimum Gasteiger partial charge on any atom is -0.481 e. The van der Waals surface area contributed by atoms with Crippen LogP contribution in [0.2, 0.25) is 0 Å². The molecule has 2 aromatic rings. The number of hydrogen-bond acceptors (Lipinski definition) is 8. The first-order valence-electron chi connectivity index (χ1n) is 11.2. The van der Waals surface area contributed by atoms with E-state index < -0.39 is 11.9 Å². The summed E-state index contributed by atoms with van der Waals surface area (Å²) in [5.74, 6) is -1.81. The predicted molar refractivity (Wildman–Crippen MR) is 125 cm³/mol. The first-order valence-corrected chi connectivity index (χ1v) is 11.2. The number of carbonyl (C=O) groups is 3. The lowest BCUT2D eigenvalue weighted by Crippen LogP contribution is -2.21. The molecule has 0 saturated carbocycles. The molecular formula is C23H36N4O7. The highest BCUT2D eigenvalue weighted by atomic mass is 16.6. The minimum atomic E-state index is -0.741. The zero-order chi connectivity index (χ0) is 26.0. The number of nitrogens with zero attached hydrogens (tertiary/aromatic N) is 3. The van der Waals surface area contributed by atoms with Crippen molar-refractivity contribution in [3.8, 4) is 0 Å². The summed E-state index contributed by atoms with van der Waals surface area (Å²) >= 11 is 0. The molecule has 2 atom stereocenters. The number of aromatic nitrogens is 3. The standard InChI is InChI=1S/C15H20N4O3.2C4H8O2/c1-9(2)15(20)21-7-10-3-6-13(22-10)11-4-5-12-14(16)17-8-18-19(11)12;2*1-3(2)4(5)6/h4-5,8-10,13H,3,6-7H2,1-2H3,(H2,16,17,18);2*3H,1-2H3,(H,5,6). The zero-order valence-electron chi connectivity index (χ0n) is 20.6. The van der Waals surface area contributed by atoms with E-state index in [1.807, 2.05) is 26.0 Å². The lowest BCUT2D eigenvalue weighted by Gasteiger charge is -2.14. The Balaban J connectivity index is 0.000000401. The highest BCUT2D eigenvalue weighted by Crippen LogP contribution is 2.33. The molecule has 0 aromatic carbocycles. The zero-order valence-corrected chi connectivity index (χ0v) is 20.6. The van der Waals surface area contributed by atoms with E-state index in [1.54, 1.807) is 32.2 Å². The number of esters is 1. The second-order valence-corrected chi connectivity index (χ2v) is 8.80. The number of carboxylic acid groups (broad SMARTS) is 2. The van der Waals surface area contributed by atoms with E-state index in [9.17, 15) is 14.4 Å². The molecule has 4 N–H and O–H groups in total. The highest BCUT2D eigenvalue weighted by molar-refractivity contribution is 5.71. The van der Waals surface area contributed by atoms with Gasteiger partial charge in [0, 0.05) is 0 Å². The van der Waals surface area contributed by atoms with E-state index in [4.69, 9.17) is 25.4 Å². The van der Waals surface area contributed by atoms with E-state index in [2.05, 4.69) is 10.1 Å². The van der Waals surface area contributed by atoms with Crippen LogP contribution < -0.4 is 5.73 Å². The Bertz CT molecular complexity index is 938. The van der Waals surface area contributed by atoms with Gasteiger partial charge in [0.15, 0.2) is 5.82 Å².